The summed E-state index contributed by atoms with van der Waals surface area (Å²) >= 11 is 0. The number of hydrogen-bond acceptors (Lipinski definition) is 5. The number of hydrogen-bond donors (Lipinski definition) is 1. The van der Waals surface area contributed by atoms with E-state index >= 15 is 0 Å². The Hall–Kier alpha value is -2.94. The first-order chi connectivity index (χ1) is 12.6. The average Bonchev–Trinajstić information content (AvgIpc) is 3.11. The third kappa shape index (κ3) is 3.99. The maximum atomic E-state index is 13.6. The smallest absolute Gasteiger partial charge is 0.239 e. The number of carbonyl (C=O) groups is 1. The number of aromatic nitrogens is 4. The monoisotopic (exact) mass is 373 g/mol. The molecule has 1 aromatic heterocycles. The maximum absolute atomic E-state index is 13.6. The number of rotatable bonds is 6. The summed E-state index contributed by atoms with van der Waals surface area (Å²) in [7, 11) is -1.59. The third-order valence-corrected chi connectivity index (χ3v) is 5.25. The highest BCUT2D eigenvalue weighted by Crippen LogP contribution is 2.15. The van der Waals surface area contributed by atoms with Gasteiger partial charge in [-0.05, 0) is 41.6 Å². The van der Waals surface area contributed by atoms with Crippen molar-refractivity contribution in [2.45, 2.75) is 17.9 Å². The second kappa shape index (κ2) is 7.96. The topological polar surface area (TPSA) is 89.8 Å². The number of amides is 1. The summed E-state index contributed by atoms with van der Waals surface area (Å²) in [6, 6.07) is 15.0. The molecule has 1 N–H and O–H groups in total. The van der Waals surface area contributed by atoms with Crippen LogP contribution in [0.3, 0.4) is 0 Å². The Morgan fingerprint density at radius 3 is 2.62 bits per heavy atom. The molecule has 2 aromatic carbocycles. The highest BCUT2D eigenvalue weighted by molar-refractivity contribution is 7.85. The Morgan fingerprint density at radius 2 is 1.88 bits per heavy atom. The van der Waals surface area contributed by atoms with E-state index in [-0.39, 0.29) is 11.4 Å². The fourth-order valence-corrected chi connectivity index (χ4v) is 3.22. The van der Waals surface area contributed by atoms with E-state index in [0.717, 1.165) is 5.69 Å². The number of carbonyl (C=O) groups excluding carboxylic acids is 1. The highest BCUT2D eigenvalue weighted by Gasteiger charge is 2.23. The van der Waals surface area contributed by atoms with Gasteiger partial charge in [-0.15, -0.1) is 5.10 Å². The summed E-state index contributed by atoms with van der Waals surface area (Å²) in [5.41, 5.74) is 0.781. The van der Waals surface area contributed by atoms with Gasteiger partial charge in [0.25, 0.3) is 0 Å². The molecule has 2 unspecified atom stereocenters. The second-order valence-electron chi connectivity index (χ2n) is 5.48. The second-order valence-corrected chi connectivity index (χ2v) is 7.24. The Morgan fingerprint density at radius 1 is 1.19 bits per heavy atom. The molecule has 1 heterocycles. The van der Waals surface area contributed by atoms with Crippen LogP contribution in [0.1, 0.15) is 12.7 Å². The van der Waals surface area contributed by atoms with Crippen LogP contribution >= 0.6 is 0 Å². The molecule has 0 saturated carbocycles. The summed E-state index contributed by atoms with van der Waals surface area (Å²) in [5, 5.41) is 13.0. The molecule has 3 rings (SSSR count). The first-order valence-electron chi connectivity index (χ1n) is 7.81. The fourth-order valence-electron chi connectivity index (χ4n) is 2.23. The van der Waals surface area contributed by atoms with Crippen molar-refractivity contribution in [1.29, 1.82) is 0 Å². The predicted octanol–water partition coefficient (Wildman–Crippen LogP) is 2.08. The first-order valence-corrected chi connectivity index (χ1v) is 9.19. The van der Waals surface area contributed by atoms with Gasteiger partial charge in [-0.3, -0.25) is 9.00 Å². The van der Waals surface area contributed by atoms with E-state index in [1.807, 2.05) is 30.3 Å². The Bertz CT molecular complexity index is 932. The van der Waals surface area contributed by atoms with Gasteiger partial charge in [-0.25, -0.2) is 4.39 Å². The third-order valence-electron chi connectivity index (χ3n) is 3.70. The van der Waals surface area contributed by atoms with Crippen LogP contribution in [0.4, 0.5) is 10.1 Å². The normalized spacial score (nSPS) is 13.2. The lowest BCUT2D eigenvalue weighted by molar-refractivity contribution is -0.115. The van der Waals surface area contributed by atoms with E-state index in [2.05, 4.69) is 20.8 Å². The number of tetrazole rings is 1. The summed E-state index contributed by atoms with van der Waals surface area (Å²) in [4.78, 5) is 12.3. The van der Waals surface area contributed by atoms with Crippen LogP contribution < -0.4 is 5.32 Å². The van der Waals surface area contributed by atoms with Crippen molar-refractivity contribution in [2.75, 3.05) is 5.32 Å². The van der Waals surface area contributed by atoms with Crippen LogP contribution in [0.25, 0.3) is 5.69 Å². The van der Waals surface area contributed by atoms with Gasteiger partial charge in [0, 0.05) is 10.8 Å². The van der Waals surface area contributed by atoms with Crippen molar-refractivity contribution in [1.82, 2.24) is 20.2 Å². The molecule has 0 saturated heterocycles. The van der Waals surface area contributed by atoms with Gasteiger partial charge in [0.2, 0.25) is 5.91 Å². The number of halogens is 1. The quantitative estimate of drug-likeness (QED) is 0.714. The van der Waals surface area contributed by atoms with Crippen LogP contribution in [0.15, 0.2) is 54.6 Å². The SMILES string of the molecule is CC(C(=O)Nc1ccccc1F)S(=O)Cc1nnnn1-c1ccccc1. The maximum Gasteiger partial charge on any atom is 0.239 e. The number of para-hydroxylation sites is 2. The lowest BCUT2D eigenvalue weighted by Gasteiger charge is -2.12. The highest BCUT2D eigenvalue weighted by atomic mass is 32.2. The molecule has 0 fully saturated rings. The molecule has 0 aliphatic carbocycles. The molecule has 9 heteroatoms. The van der Waals surface area contributed by atoms with Crippen molar-refractivity contribution in [3.05, 3.63) is 66.2 Å². The Labute approximate surface area is 151 Å². The van der Waals surface area contributed by atoms with E-state index < -0.39 is 27.8 Å². The van der Waals surface area contributed by atoms with Crippen molar-refractivity contribution in [3.8, 4) is 5.69 Å². The van der Waals surface area contributed by atoms with Crippen LogP contribution in [0.2, 0.25) is 0 Å². The molecular formula is C17H16FN5O2S. The summed E-state index contributed by atoms with van der Waals surface area (Å²) < 4.78 is 27.7. The summed E-state index contributed by atoms with van der Waals surface area (Å²) in [5.74, 6) is -0.715. The summed E-state index contributed by atoms with van der Waals surface area (Å²) in [6.45, 7) is 1.52. The van der Waals surface area contributed by atoms with Crippen LogP contribution in [0, 0.1) is 5.82 Å². The van der Waals surface area contributed by atoms with Gasteiger partial charge in [0.05, 0.1) is 17.1 Å². The van der Waals surface area contributed by atoms with E-state index in [1.54, 1.807) is 6.07 Å². The minimum Gasteiger partial charge on any atom is -0.323 e. The zero-order valence-electron chi connectivity index (χ0n) is 13.9. The lowest BCUT2D eigenvalue weighted by atomic mass is 10.3. The van der Waals surface area contributed by atoms with Crippen LogP contribution in [-0.4, -0.2) is 35.6 Å². The lowest BCUT2D eigenvalue weighted by Crippen LogP contribution is -2.30. The molecule has 0 aliphatic heterocycles. The van der Waals surface area contributed by atoms with E-state index in [1.165, 1.54) is 29.8 Å². The van der Waals surface area contributed by atoms with Gasteiger partial charge in [0.1, 0.15) is 11.1 Å². The van der Waals surface area contributed by atoms with Gasteiger partial charge in [0.15, 0.2) is 5.82 Å². The zero-order chi connectivity index (χ0) is 18.5. The van der Waals surface area contributed by atoms with Gasteiger partial charge < -0.3 is 5.32 Å². The summed E-state index contributed by atoms with van der Waals surface area (Å²) in [6.07, 6.45) is 0. The largest absolute Gasteiger partial charge is 0.323 e. The predicted molar refractivity (Wildman–Crippen MR) is 95.5 cm³/mol. The average molecular weight is 373 g/mol. The van der Waals surface area contributed by atoms with Gasteiger partial charge >= 0.3 is 0 Å². The molecule has 3 aromatic rings. The van der Waals surface area contributed by atoms with Gasteiger partial charge in [-0.2, -0.15) is 4.68 Å². The number of anilines is 1. The molecule has 0 aliphatic rings. The van der Waals surface area contributed by atoms with Crippen LogP contribution in [-0.2, 0) is 21.3 Å². The molecule has 0 radical (unpaired) electrons. The number of nitrogens with zero attached hydrogens (tertiary/aromatic N) is 4. The molecule has 134 valence electrons. The molecule has 1 amide bonds. The van der Waals surface area contributed by atoms with Crippen molar-refractivity contribution >= 4 is 22.4 Å². The van der Waals surface area contributed by atoms with Gasteiger partial charge in [-0.1, -0.05) is 30.3 Å². The van der Waals surface area contributed by atoms with Crippen molar-refractivity contribution in [2.24, 2.45) is 0 Å². The van der Waals surface area contributed by atoms with Crippen molar-refractivity contribution < 1.29 is 13.4 Å². The minimum atomic E-state index is -1.59. The minimum absolute atomic E-state index is 0.00620. The Kier molecular flexibility index (Phi) is 5.47. The van der Waals surface area contributed by atoms with E-state index in [9.17, 15) is 13.4 Å². The van der Waals surface area contributed by atoms with E-state index in [0.29, 0.717) is 5.82 Å². The molecule has 0 spiro atoms. The molecule has 26 heavy (non-hydrogen) atoms. The number of benzene rings is 2. The molecule has 2 atom stereocenters. The van der Waals surface area contributed by atoms with Crippen molar-refractivity contribution in [3.63, 3.8) is 0 Å². The first kappa shape index (κ1) is 17.9. The van der Waals surface area contributed by atoms with Crippen LogP contribution in [0.5, 0.6) is 0 Å². The Balaban J connectivity index is 1.70. The molecular weight excluding hydrogens is 357 g/mol. The molecule has 7 nitrogen and oxygen atoms in total. The zero-order valence-corrected chi connectivity index (χ0v) is 14.7. The number of nitrogens with one attached hydrogen (secondary N) is 1. The molecule has 0 bridgehead atoms. The van der Waals surface area contributed by atoms with E-state index in [4.69, 9.17) is 0 Å². The standard InChI is InChI=1S/C17H16FN5O2S/c1-12(17(24)19-15-10-6-5-9-14(15)18)26(25)11-16-20-21-22-23(16)13-7-3-2-4-8-13/h2-10,12H,11H2,1H3,(H,19,24). The fraction of sp³-hybridized carbons (Fsp3) is 0.176.